The number of likely N-dealkylation sites (tertiary alicyclic amines) is 1. The van der Waals surface area contributed by atoms with E-state index in [2.05, 4.69) is 10.2 Å². The van der Waals surface area contributed by atoms with E-state index < -0.39 is 12.1 Å². The summed E-state index contributed by atoms with van der Waals surface area (Å²) >= 11 is 0. The van der Waals surface area contributed by atoms with Crippen molar-refractivity contribution in [2.24, 2.45) is 5.92 Å². The Balaban J connectivity index is 1.40. The van der Waals surface area contributed by atoms with Gasteiger partial charge in [0.15, 0.2) is 6.10 Å². The molecule has 25 heavy (non-hydrogen) atoms. The first-order valence-electron chi connectivity index (χ1n) is 8.73. The number of aromatic amines is 1. The fourth-order valence-corrected chi connectivity index (χ4v) is 3.98. The summed E-state index contributed by atoms with van der Waals surface area (Å²) in [5.41, 5.74) is 1.43. The maximum Gasteiger partial charge on any atom is 0.332 e. The van der Waals surface area contributed by atoms with Gasteiger partial charge in [0.25, 0.3) is 5.91 Å². The minimum Gasteiger partial charge on any atom is -0.479 e. The molecule has 2 aliphatic heterocycles. The Morgan fingerprint density at radius 3 is 2.72 bits per heavy atom. The predicted molar refractivity (Wildman–Crippen MR) is 90.3 cm³/mol. The minimum absolute atomic E-state index is 0.00870. The summed E-state index contributed by atoms with van der Waals surface area (Å²) in [5.74, 6) is -0.525. The van der Waals surface area contributed by atoms with Crippen molar-refractivity contribution in [2.75, 3.05) is 13.1 Å². The van der Waals surface area contributed by atoms with Crippen LogP contribution in [-0.4, -0.2) is 57.4 Å². The third-order valence-corrected chi connectivity index (χ3v) is 5.39. The highest BCUT2D eigenvalue weighted by Crippen LogP contribution is 2.32. The second-order valence-electron chi connectivity index (χ2n) is 6.85. The molecule has 0 radical (unpaired) electrons. The van der Waals surface area contributed by atoms with Gasteiger partial charge in [-0.2, -0.15) is 5.10 Å². The lowest BCUT2D eigenvalue weighted by molar-refractivity contribution is -0.150. The first kappa shape index (κ1) is 16.1. The number of aliphatic carboxylic acids is 1. The predicted octanol–water partition coefficient (Wildman–Crippen LogP) is 2.05. The molecule has 0 unspecified atom stereocenters. The zero-order chi connectivity index (χ0) is 17.4. The Labute approximate surface area is 145 Å². The summed E-state index contributed by atoms with van der Waals surface area (Å²) < 4.78 is 5.67. The number of benzene rings is 1. The summed E-state index contributed by atoms with van der Waals surface area (Å²) in [7, 11) is 0. The zero-order valence-corrected chi connectivity index (χ0v) is 13.9. The van der Waals surface area contributed by atoms with Crippen molar-refractivity contribution in [3.63, 3.8) is 0 Å². The van der Waals surface area contributed by atoms with Crippen LogP contribution >= 0.6 is 0 Å². The monoisotopic (exact) mass is 343 g/mol. The van der Waals surface area contributed by atoms with Crippen LogP contribution in [0, 0.1) is 5.92 Å². The Bertz CT molecular complexity index is 794. The van der Waals surface area contributed by atoms with Gasteiger partial charge in [-0.3, -0.25) is 9.89 Å². The number of rotatable bonds is 3. The summed E-state index contributed by atoms with van der Waals surface area (Å²) in [6, 6.07) is 5.63. The van der Waals surface area contributed by atoms with Gasteiger partial charge in [-0.25, -0.2) is 4.79 Å². The molecule has 2 atom stereocenters. The average Bonchev–Trinajstić information content (AvgIpc) is 3.30. The molecular weight excluding hydrogens is 322 g/mol. The lowest BCUT2D eigenvalue weighted by atomic mass is 9.89. The quantitative estimate of drug-likeness (QED) is 0.889. The SMILES string of the molecule is O=C(O)[C@H]1CC[C@@H](C2CCN(C(=O)c3cccc4cn[nH]c34)CC2)O1. The van der Waals surface area contributed by atoms with E-state index >= 15 is 0 Å². The van der Waals surface area contributed by atoms with Gasteiger partial charge in [-0.15, -0.1) is 0 Å². The maximum absolute atomic E-state index is 12.9. The maximum atomic E-state index is 12.9. The van der Waals surface area contributed by atoms with Crippen LogP contribution in [-0.2, 0) is 9.53 Å². The van der Waals surface area contributed by atoms with Crippen molar-refractivity contribution >= 4 is 22.8 Å². The lowest BCUT2D eigenvalue weighted by Crippen LogP contribution is -2.41. The van der Waals surface area contributed by atoms with Crippen LogP contribution in [0.4, 0.5) is 0 Å². The molecule has 2 fully saturated rings. The van der Waals surface area contributed by atoms with Gasteiger partial charge in [0.2, 0.25) is 0 Å². The second-order valence-corrected chi connectivity index (χ2v) is 6.85. The van der Waals surface area contributed by atoms with E-state index in [1.807, 2.05) is 23.1 Å². The second kappa shape index (κ2) is 6.48. The Kier molecular flexibility index (Phi) is 4.17. The summed E-state index contributed by atoms with van der Waals surface area (Å²) in [5, 5.41) is 16.9. The molecule has 1 aromatic heterocycles. The molecule has 132 valence electrons. The highest BCUT2D eigenvalue weighted by atomic mass is 16.5. The molecule has 1 aromatic carbocycles. The fraction of sp³-hybridized carbons (Fsp3) is 0.500. The van der Waals surface area contributed by atoms with E-state index in [0.29, 0.717) is 31.0 Å². The number of carboxylic acids is 1. The normalized spacial score (nSPS) is 24.7. The highest BCUT2D eigenvalue weighted by molar-refractivity contribution is 6.05. The Hall–Kier alpha value is -2.41. The van der Waals surface area contributed by atoms with E-state index in [1.54, 1.807) is 6.20 Å². The van der Waals surface area contributed by atoms with Gasteiger partial charge >= 0.3 is 5.97 Å². The third-order valence-electron chi connectivity index (χ3n) is 5.39. The van der Waals surface area contributed by atoms with E-state index in [0.717, 1.165) is 30.2 Å². The molecule has 0 aliphatic carbocycles. The number of para-hydroxylation sites is 1. The number of aromatic nitrogens is 2. The summed E-state index contributed by atoms with van der Waals surface area (Å²) in [6.07, 6.45) is 4.14. The number of fused-ring (bicyclic) bond motifs is 1. The molecule has 0 bridgehead atoms. The van der Waals surface area contributed by atoms with Crippen molar-refractivity contribution in [3.05, 3.63) is 30.0 Å². The molecule has 2 N–H and O–H groups in total. The molecular formula is C18H21N3O4. The number of H-pyrrole nitrogens is 1. The summed E-state index contributed by atoms with van der Waals surface area (Å²) in [6.45, 7) is 1.34. The van der Waals surface area contributed by atoms with Crippen LogP contribution in [0.2, 0.25) is 0 Å². The molecule has 7 heteroatoms. The number of ether oxygens (including phenoxy) is 1. The number of piperidine rings is 1. The van der Waals surface area contributed by atoms with Crippen LogP contribution in [0.25, 0.3) is 10.9 Å². The van der Waals surface area contributed by atoms with Crippen molar-refractivity contribution in [1.82, 2.24) is 15.1 Å². The number of carbonyl (C=O) groups excluding carboxylic acids is 1. The highest BCUT2D eigenvalue weighted by Gasteiger charge is 2.37. The molecule has 0 spiro atoms. The standard InChI is InChI=1S/C18H21N3O4/c22-17(13-3-1-2-12-10-19-20-16(12)13)21-8-6-11(7-9-21)14-4-5-15(25-14)18(23)24/h1-3,10-11,14-15H,4-9H2,(H,19,20)(H,23,24)/t14-,15+/m0/s1. The lowest BCUT2D eigenvalue weighted by Gasteiger charge is -2.34. The average molecular weight is 343 g/mol. The molecule has 2 saturated heterocycles. The van der Waals surface area contributed by atoms with Crippen LogP contribution in [0.15, 0.2) is 24.4 Å². The molecule has 7 nitrogen and oxygen atoms in total. The number of carboxylic acid groups (broad SMARTS) is 1. The van der Waals surface area contributed by atoms with Crippen LogP contribution in [0.3, 0.4) is 0 Å². The number of carbonyl (C=O) groups is 2. The number of hydrogen-bond acceptors (Lipinski definition) is 4. The number of nitrogens with zero attached hydrogens (tertiary/aromatic N) is 2. The van der Waals surface area contributed by atoms with Crippen molar-refractivity contribution in [2.45, 2.75) is 37.9 Å². The third kappa shape index (κ3) is 3.00. The largest absolute Gasteiger partial charge is 0.479 e. The van der Waals surface area contributed by atoms with Crippen LogP contribution < -0.4 is 0 Å². The van der Waals surface area contributed by atoms with Crippen molar-refractivity contribution < 1.29 is 19.4 Å². The van der Waals surface area contributed by atoms with Crippen LogP contribution in [0.5, 0.6) is 0 Å². The number of nitrogens with one attached hydrogen (secondary N) is 1. The first-order chi connectivity index (χ1) is 12.1. The number of amides is 1. The van der Waals surface area contributed by atoms with Gasteiger partial charge in [0.1, 0.15) is 0 Å². The van der Waals surface area contributed by atoms with E-state index in [9.17, 15) is 9.59 Å². The van der Waals surface area contributed by atoms with Gasteiger partial charge < -0.3 is 14.7 Å². The van der Waals surface area contributed by atoms with Gasteiger partial charge in [0.05, 0.1) is 23.4 Å². The van der Waals surface area contributed by atoms with E-state index in [1.165, 1.54) is 0 Å². The van der Waals surface area contributed by atoms with Crippen molar-refractivity contribution in [1.29, 1.82) is 0 Å². The summed E-state index contributed by atoms with van der Waals surface area (Å²) in [4.78, 5) is 25.7. The first-order valence-corrected chi connectivity index (χ1v) is 8.73. The minimum atomic E-state index is -0.872. The Morgan fingerprint density at radius 1 is 1.20 bits per heavy atom. The zero-order valence-electron chi connectivity index (χ0n) is 13.9. The van der Waals surface area contributed by atoms with Gasteiger partial charge in [0, 0.05) is 18.5 Å². The van der Waals surface area contributed by atoms with Crippen molar-refractivity contribution in [3.8, 4) is 0 Å². The fourth-order valence-electron chi connectivity index (χ4n) is 3.98. The molecule has 4 rings (SSSR count). The topological polar surface area (TPSA) is 95.5 Å². The van der Waals surface area contributed by atoms with Gasteiger partial charge in [-0.05, 0) is 37.7 Å². The molecule has 1 amide bonds. The van der Waals surface area contributed by atoms with Crippen LogP contribution in [0.1, 0.15) is 36.0 Å². The smallest absolute Gasteiger partial charge is 0.332 e. The number of hydrogen-bond donors (Lipinski definition) is 2. The van der Waals surface area contributed by atoms with E-state index in [-0.39, 0.29) is 12.0 Å². The van der Waals surface area contributed by atoms with Gasteiger partial charge in [-0.1, -0.05) is 12.1 Å². The molecule has 3 heterocycles. The molecule has 2 aliphatic rings. The molecule has 2 aromatic rings. The molecule has 0 saturated carbocycles. The van der Waals surface area contributed by atoms with E-state index in [4.69, 9.17) is 9.84 Å². The Morgan fingerprint density at radius 2 is 2.00 bits per heavy atom.